The van der Waals surface area contributed by atoms with Crippen molar-refractivity contribution in [1.29, 1.82) is 0 Å². The van der Waals surface area contributed by atoms with Crippen LogP contribution < -0.4 is 4.90 Å². The van der Waals surface area contributed by atoms with Crippen LogP contribution in [0, 0.1) is 0 Å². The van der Waals surface area contributed by atoms with Gasteiger partial charge in [-0.05, 0) is 113 Å². The normalized spacial score (nSPS) is 13.1. The van der Waals surface area contributed by atoms with Crippen LogP contribution in [0.3, 0.4) is 0 Å². The summed E-state index contributed by atoms with van der Waals surface area (Å²) in [6.07, 6.45) is 2.09. The largest absolute Gasteiger partial charge is 0.310 e. The van der Waals surface area contributed by atoms with Gasteiger partial charge in [0.15, 0.2) is 0 Å². The van der Waals surface area contributed by atoms with Crippen molar-refractivity contribution in [3.05, 3.63) is 265 Å². The zero-order chi connectivity index (χ0) is 42.2. The van der Waals surface area contributed by atoms with E-state index in [0.717, 1.165) is 22.5 Å². The smallest absolute Gasteiger partial charge is 0.0754 e. The number of aromatic nitrogens is 1. The summed E-state index contributed by atoms with van der Waals surface area (Å²) in [5.41, 5.74) is 19.9. The summed E-state index contributed by atoms with van der Waals surface area (Å²) in [4.78, 5) is 7.81. The van der Waals surface area contributed by atoms with Gasteiger partial charge in [0.25, 0.3) is 0 Å². The maximum atomic E-state index is 5.37. The van der Waals surface area contributed by atoms with Gasteiger partial charge in [-0.2, -0.15) is 0 Å². The van der Waals surface area contributed by atoms with Gasteiger partial charge >= 0.3 is 0 Å². The minimum atomic E-state index is -0.526. The summed E-state index contributed by atoms with van der Waals surface area (Å²) in [7, 11) is 0. The number of benzene rings is 10. The van der Waals surface area contributed by atoms with Crippen LogP contribution in [0.2, 0.25) is 0 Å². The van der Waals surface area contributed by atoms with Crippen molar-refractivity contribution in [2.75, 3.05) is 4.90 Å². The topological polar surface area (TPSA) is 16.1 Å². The van der Waals surface area contributed by atoms with E-state index in [-0.39, 0.29) is 0 Å². The summed E-state index contributed by atoms with van der Waals surface area (Å²) >= 11 is 0. The fourth-order valence-electron chi connectivity index (χ4n) is 11.1. The first-order valence-corrected chi connectivity index (χ1v) is 22.1. The van der Waals surface area contributed by atoms with E-state index in [1.165, 1.54) is 94.1 Å². The molecule has 0 fully saturated rings. The molecule has 0 saturated heterocycles. The maximum Gasteiger partial charge on any atom is 0.0754 e. The van der Waals surface area contributed by atoms with Crippen molar-refractivity contribution in [2.24, 2.45) is 0 Å². The maximum absolute atomic E-state index is 5.37. The number of anilines is 3. The number of nitrogens with zero attached hydrogens (tertiary/aromatic N) is 2. The van der Waals surface area contributed by atoms with Crippen molar-refractivity contribution in [3.63, 3.8) is 0 Å². The fraction of sp³-hybridized carbons (Fsp3) is 0.0161. The number of fused-ring (bicyclic) bond motifs is 11. The molecule has 13 rings (SSSR count). The van der Waals surface area contributed by atoms with E-state index in [4.69, 9.17) is 4.98 Å². The van der Waals surface area contributed by atoms with Gasteiger partial charge < -0.3 is 4.90 Å². The lowest BCUT2D eigenvalue weighted by atomic mass is 9.64. The van der Waals surface area contributed by atoms with E-state index in [0.29, 0.717) is 0 Å². The second kappa shape index (κ2) is 14.4. The van der Waals surface area contributed by atoms with Crippen LogP contribution >= 0.6 is 0 Å². The quantitative estimate of drug-likeness (QED) is 0.161. The van der Waals surface area contributed by atoms with Crippen LogP contribution in [0.4, 0.5) is 17.1 Å². The second-order valence-corrected chi connectivity index (χ2v) is 16.9. The van der Waals surface area contributed by atoms with E-state index in [1.807, 2.05) is 0 Å². The molecule has 1 aliphatic heterocycles. The number of hydrogen-bond donors (Lipinski definition) is 0. The highest BCUT2D eigenvalue weighted by atomic mass is 15.2. The molecule has 2 heteroatoms. The molecular weight excluding hydrogens is 773 g/mol. The summed E-state index contributed by atoms with van der Waals surface area (Å²) in [6.45, 7) is 0. The van der Waals surface area contributed by atoms with Crippen LogP contribution in [-0.4, -0.2) is 4.98 Å². The number of pyridine rings is 1. The Morgan fingerprint density at radius 3 is 1.36 bits per heavy atom. The minimum absolute atomic E-state index is 0.526. The number of hydrogen-bond acceptors (Lipinski definition) is 2. The molecule has 298 valence electrons. The van der Waals surface area contributed by atoms with Gasteiger partial charge in [0.05, 0.1) is 22.5 Å². The molecule has 0 amide bonds. The fourth-order valence-corrected chi connectivity index (χ4v) is 11.1. The molecule has 11 aromatic rings. The Kier molecular flexibility index (Phi) is 8.16. The monoisotopic (exact) mass is 812 g/mol. The Morgan fingerprint density at radius 2 is 0.750 bits per heavy atom. The van der Waals surface area contributed by atoms with E-state index in [2.05, 4.69) is 248 Å². The highest BCUT2D eigenvalue weighted by molar-refractivity contribution is 6.21. The lowest BCUT2D eigenvalue weighted by molar-refractivity contribution is 0.753. The van der Waals surface area contributed by atoms with Crippen LogP contribution in [0.1, 0.15) is 22.3 Å². The first kappa shape index (κ1) is 36.3. The molecule has 0 radical (unpaired) electrons. The summed E-state index contributed by atoms with van der Waals surface area (Å²) in [5.74, 6) is 0. The molecule has 0 N–H and O–H groups in total. The zero-order valence-corrected chi connectivity index (χ0v) is 35.0. The molecule has 1 aromatic heterocycles. The zero-order valence-electron chi connectivity index (χ0n) is 35.0. The molecule has 2 aliphatic rings. The summed E-state index contributed by atoms with van der Waals surface area (Å²) < 4.78 is 0. The lowest BCUT2D eigenvalue weighted by Gasteiger charge is -2.45. The highest BCUT2D eigenvalue weighted by Crippen LogP contribution is 2.64. The molecule has 0 unspecified atom stereocenters. The second-order valence-electron chi connectivity index (χ2n) is 16.9. The predicted molar refractivity (Wildman–Crippen MR) is 267 cm³/mol. The summed E-state index contributed by atoms with van der Waals surface area (Å²) in [5, 5.41) is 4.89. The average Bonchev–Trinajstić information content (AvgIpc) is 3.67. The molecule has 10 aromatic carbocycles. The van der Waals surface area contributed by atoms with Crippen molar-refractivity contribution in [1.82, 2.24) is 4.98 Å². The number of rotatable bonds is 5. The molecule has 64 heavy (non-hydrogen) atoms. The summed E-state index contributed by atoms with van der Waals surface area (Å²) in [6, 6.07) is 86.5. The average molecular weight is 813 g/mol. The Balaban J connectivity index is 0.973. The third kappa shape index (κ3) is 5.23. The van der Waals surface area contributed by atoms with E-state index in [9.17, 15) is 0 Å². The van der Waals surface area contributed by atoms with Crippen LogP contribution in [-0.2, 0) is 5.41 Å². The molecule has 2 nitrogen and oxygen atoms in total. The molecule has 1 spiro atoms. The first-order valence-electron chi connectivity index (χ1n) is 22.1. The third-order valence-corrected chi connectivity index (χ3v) is 13.7. The lowest BCUT2D eigenvalue weighted by Crippen LogP contribution is -2.36. The molecule has 0 atom stereocenters. The van der Waals surface area contributed by atoms with Gasteiger partial charge in [-0.15, -0.1) is 0 Å². The SMILES string of the molecule is c1ccc(-c2ccc(-c3c4ccccc4c(-c4ccc(-c5cccc6c5-c5ccccc5C65c6ccccc6N(c6ccccc6)c6ccccc65)nc4)c4ccccc34)cc2)cc1. The van der Waals surface area contributed by atoms with Crippen LogP contribution in [0.5, 0.6) is 0 Å². The standard InChI is InChI=1S/C62H40N2/c1-3-18-41(19-4-1)42-34-36-43(37-35-42)59-46-22-7-9-24-48(46)60(49-25-10-8-23-47(49)59)44-38-39-56(63-40-44)51-27-17-31-55-61(51)50-26-11-12-28-52(50)62(55)53-29-13-15-32-57(53)64(45-20-5-2-6-21-45)58-33-16-14-30-54(58)62/h1-40H. The van der Waals surface area contributed by atoms with Crippen LogP contribution in [0.25, 0.3) is 77.3 Å². The van der Waals surface area contributed by atoms with E-state index >= 15 is 0 Å². The number of para-hydroxylation sites is 3. The van der Waals surface area contributed by atoms with Crippen LogP contribution in [0.15, 0.2) is 243 Å². The Morgan fingerprint density at radius 1 is 0.297 bits per heavy atom. The first-order chi connectivity index (χ1) is 31.8. The van der Waals surface area contributed by atoms with Gasteiger partial charge in [-0.25, -0.2) is 0 Å². The minimum Gasteiger partial charge on any atom is -0.310 e. The third-order valence-electron chi connectivity index (χ3n) is 13.7. The van der Waals surface area contributed by atoms with Gasteiger partial charge in [0.2, 0.25) is 0 Å². The van der Waals surface area contributed by atoms with Gasteiger partial charge in [-0.3, -0.25) is 4.98 Å². The van der Waals surface area contributed by atoms with Gasteiger partial charge in [-0.1, -0.05) is 206 Å². The van der Waals surface area contributed by atoms with Gasteiger partial charge in [0, 0.05) is 23.0 Å². The van der Waals surface area contributed by atoms with Crippen molar-refractivity contribution < 1.29 is 0 Å². The molecule has 0 bridgehead atoms. The predicted octanol–water partition coefficient (Wildman–Crippen LogP) is 16.2. The molecule has 2 heterocycles. The Labute approximate surface area is 373 Å². The van der Waals surface area contributed by atoms with E-state index in [1.54, 1.807) is 0 Å². The molecule has 1 aliphatic carbocycles. The highest BCUT2D eigenvalue weighted by Gasteiger charge is 2.52. The molecular formula is C62H40N2. The van der Waals surface area contributed by atoms with E-state index < -0.39 is 5.41 Å². The Bertz CT molecular complexity index is 3490. The van der Waals surface area contributed by atoms with Gasteiger partial charge in [0.1, 0.15) is 0 Å². The van der Waals surface area contributed by atoms with Crippen molar-refractivity contribution in [2.45, 2.75) is 5.41 Å². The molecule has 0 saturated carbocycles. The van der Waals surface area contributed by atoms with Crippen molar-refractivity contribution in [3.8, 4) is 55.8 Å². The Hall–Kier alpha value is -8.33. The van der Waals surface area contributed by atoms with Crippen molar-refractivity contribution >= 4 is 38.6 Å².